The molecular weight excluding hydrogens is 354 g/mol. The summed E-state index contributed by atoms with van der Waals surface area (Å²) in [4.78, 5) is 34.5. The molecule has 2 aromatic rings. The molecule has 114 valence electrons. The first-order chi connectivity index (χ1) is 10.0. The van der Waals surface area contributed by atoms with E-state index in [1.807, 2.05) is 0 Å². The van der Waals surface area contributed by atoms with Crippen LogP contribution >= 0.6 is 0 Å². The molecule has 0 atom stereocenters. The number of carboxylic acids is 2. The first-order valence-electron chi connectivity index (χ1n) is 6.08. The van der Waals surface area contributed by atoms with Crippen LogP contribution in [0.4, 0.5) is 0 Å². The molecule has 1 aromatic heterocycles. The van der Waals surface area contributed by atoms with Gasteiger partial charge in [-0.25, -0.2) is 9.59 Å². The van der Waals surface area contributed by atoms with E-state index in [1.54, 1.807) is 30.3 Å². The summed E-state index contributed by atoms with van der Waals surface area (Å²) in [6.07, 6.45) is 1.37. The number of nitrogens with zero attached hydrogens (tertiary/aromatic N) is 1. The Morgan fingerprint density at radius 1 is 0.909 bits per heavy atom. The standard InChI is InChI=1S/C15H11NO5.BrH/c17-12(10-5-2-1-3-6-10)9-16-8-4-7-11(14(18)19)13(16)15(20)21;/h1-8H,9H2,(H-,18,19,20,21);1H. The number of aromatic nitrogens is 1. The number of benzene rings is 1. The van der Waals surface area contributed by atoms with Crippen molar-refractivity contribution >= 4 is 17.7 Å². The van der Waals surface area contributed by atoms with E-state index in [1.165, 1.54) is 18.3 Å². The zero-order chi connectivity index (χ0) is 15.4. The summed E-state index contributed by atoms with van der Waals surface area (Å²) >= 11 is 0. The third kappa shape index (κ3) is 3.76. The maximum atomic E-state index is 12.1. The van der Waals surface area contributed by atoms with Crippen LogP contribution in [0.3, 0.4) is 0 Å². The Hall–Kier alpha value is -2.54. The highest BCUT2D eigenvalue weighted by molar-refractivity contribution is 5.99. The Labute approximate surface area is 136 Å². The number of Topliss-reactive ketones (excluding diaryl/α,β-unsaturated/α-hetero) is 1. The maximum Gasteiger partial charge on any atom is 0.402 e. The van der Waals surface area contributed by atoms with Gasteiger partial charge in [-0.05, 0) is 6.07 Å². The van der Waals surface area contributed by atoms with E-state index in [9.17, 15) is 19.5 Å². The number of pyridine rings is 1. The van der Waals surface area contributed by atoms with Crippen LogP contribution in [-0.2, 0) is 6.54 Å². The van der Waals surface area contributed by atoms with E-state index in [4.69, 9.17) is 5.11 Å². The molecule has 0 saturated carbocycles. The molecule has 22 heavy (non-hydrogen) atoms. The van der Waals surface area contributed by atoms with E-state index in [-0.39, 0.29) is 34.9 Å². The smallest absolute Gasteiger partial charge is 0.402 e. The number of halogens is 1. The van der Waals surface area contributed by atoms with E-state index < -0.39 is 17.6 Å². The summed E-state index contributed by atoms with van der Waals surface area (Å²) in [5.74, 6) is -3.05. The average molecular weight is 366 g/mol. The van der Waals surface area contributed by atoms with Crippen LogP contribution in [0.5, 0.6) is 0 Å². The molecule has 0 aliphatic heterocycles. The minimum Gasteiger partial charge on any atom is -1.00 e. The first-order valence-corrected chi connectivity index (χ1v) is 6.08. The van der Waals surface area contributed by atoms with Crippen LogP contribution in [-0.4, -0.2) is 27.9 Å². The minimum absolute atomic E-state index is 0. The molecule has 0 saturated heterocycles. The number of aromatic carboxylic acids is 2. The van der Waals surface area contributed by atoms with Gasteiger partial charge in [-0.2, -0.15) is 4.57 Å². The lowest BCUT2D eigenvalue weighted by Gasteiger charge is -2.03. The lowest BCUT2D eigenvalue weighted by Crippen LogP contribution is -3.00. The molecule has 0 bridgehead atoms. The molecule has 0 radical (unpaired) electrons. The van der Waals surface area contributed by atoms with Crippen molar-refractivity contribution in [2.24, 2.45) is 0 Å². The summed E-state index contributed by atoms with van der Waals surface area (Å²) in [6.45, 7) is -0.243. The zero-order valence-corrected chi connectivity index (χ0v) is 12.9. The molecule has 1 heterocycles. The molecule has 2 N–H and O–H groups in total. The van der Waals surface area contributed by atoms with Gasteiger partial charge < -0.3 is 27.2 Å². The van der Waals surface area contributed by atoms with Crippen molar-refractivity contribution < 1.29 is 46.1 Å². The van der Waals surface area contributed by atoms with Crippen molar-refractivity contribution in [3.63, 3.8) is 0 Å². The number of hydrogen-bond acceptors (Lipinski definition) is 3. The van der Waals surface area contributed by atoms with Crippen LogP contribution in [0.2, 0.25) is 0 Å². The Balaban J connectivity index is 0.00000242. The van der Waals surface area contributed by atoms with Crippen molar-refractivity contribution in [2.75, 3.05) is 0 Å². The number of carbonyl (C=O) groups excluding carboxylic acids is 1. The second-order valence-electron chi connectivity index (χ2n) is 4.30. The summed E-state index contributed by atoms with van der Waals surface area (Å²) < 4.78 is 1.13. The molecule has 0 amide bonds. The van der Waals surface area contributed by atoms with Gasteiger partial charge in [0.2, 0.25) is 12.3 Å². The van der Waals surface area contributed by atoms with Gasteiger partial charge >= 0.3 is 17.6 Å². The number of carboxylic acid groups (broad SMARTS) is 2. The highest BCUT2D eigenvalue weighted by Crippen LogP contribution is 2.06. The van der Waals surface area contributed by atoms with Crippen LogP contribution in [0.15, 0.2) is 48.7 Å². The van der Waals surface area contributed by atoms with Gasteiger partial charge in [-0.3, -0.25) is 4.79 Å². The molecule has 0 aliphatic rings. The molecule has 0 spiro atoms. The van der Waals surface area contributed by atoms with Gasteiger partial charge in [-0.1, -0.05) is 30.3 Å². The lowest BCUT2D eigenvalue weighted by molar-refractivity contribution is -0.685. The molecule has 0 fully saturated rings. The third-order valence-electron chi connectivity index (χ3n) is 2.91. The Morgan fingerprint density at radius 3 is 2.09 bits per heavy atom. The summed E-state index contributed by atoms with van der Waals surface area (Å²) in [5, 5.41) is 18.2. The average Bonchev–Trinajstić information content (AvgIpc) is 2.47. The second-order valence-corrected chi connectivity index (χ2v) is 4.30. The summed E-state index contributed by atoms with van der Waals surface area (Å²) in [7, 11) is 0. The van der Waals surface area contributed by atoms with Gasteiger partial charge in [0.15, 0.2) is 6.20 Å². The van der Waals surface area contributed by atoms with Gasteiger partial charge in [0.1, 0.15) is 5.56 Å². The van der Waals surface area contributed by atoms with Gasteiger partial charge in [0.05, 0.1) is 0 Å². The molecule has 6 nitrogen and oxygen atoms in total. The van der Waals surface area contributed by atoms with Crippen molar-refractivity contribution in [3.05, 3.63) is 65.5 Å². The lowest BCUT2D eigenvalue weighted by atomic mass is 10.1. The molecule has 7 heteroatoms. The van der Waals surface area contributed by atoms with Crippen molar-refractivity contribution in [2.45, 2.75) is 6.54 Å². The SMILES string of the molecule is O=C(C[n+]1cccc(C(=O)O)c1C(=O)O)c1ccccc1.[Br-]. The first kappa shape index (κ1) is 17.5. The zero-order valence-electron chi connectivity index (χ0n) is 11.3. The van der Waals surface area contributed by atoms with Crippen molar-refractivity contribution in [1.82, 2.24) is 0 Å². The van der Waals surface area contributed by atoms with Crippen LogP contribution < -0.4 is 21.5 Å². The predicted octanol–water partition coefficient (Wildman–Crippen LogP) is -1.74. The summed E-state index contributed by atoms with van der Waals surface area (Å²) in [5.41, 5.74) is -0.345. The van der Waals surface area contributed by atoms with Crippen LogP contribution in [0.25, 0.3) is 0 Å². The van der Waals surface area contributed by atoms with E-state index >= 15 is 0 Å². The van der Waals surface area contributed by atoms with Crippen LogP contribution in [0, 0.1) is 0 Å². The highest BCUT2D eigenvalue weighted by atomic mass is 79.9. The fraction of sp³-hybridized carbons (Fsp3) is 0.0667. The Morgan fingerprint density at radius 2 is 1.55 bits per heavy atom. The van der Waals surface area contributed by atoms with Gasteiger partial charge in [-0.15, -0.1) is 0 Å². The van der Waals surface area contributed by atoms with Crippen LogP contribution in [0.1, 0.15) is 31.2 Å². The second kappa shape index (κ2) is 7.46. The number of carbonyl (C=O) groups is 3. The Bertz CT molecular complexity index is 715. The van der Waals surface area contributed by atoms with Crippen molar-refractivity contribution in [1.29, 1.82) is 0 Å². The topological polar surface area (TPSA) is 95.5 Å². The fourth-order valence-electron chi connectivity index (χ4n) is 1.96. The van der Waals surface area contributed by atoms with Gasteiger partial charge in [0, 0.05) is 11.6 Å². The highest BCUT2D eigenvalue weighted by Gasteiger charge is 2.28. The third-order valence-corrected chi connectivity index (χ3v) is 2.91. The largest absolute Gasteiger partial charge is 1.00 e. The molecule has 0 unspecified atom stereocenters. The fourth-order valence-corrected chi connectivity index (χ4v) is 1.96. The van der Waals surface area contributed by atoms with Gasteiger partial charge in [0.25, 0.3) is 0 Å². The number of ketones is 1. The normalized spacial score (nSPS) is 9.64. The van der Waals surface area contributed by atoms with E-state index in [0.717, 1.165) is 4.57 Å². The maximum absolute atomic E-state index is 12.1. The Kier molecular flexibility index (Phi) is 5.94. The van der Waals surface area contributed by atoms with Crippen molar-refractivity contribution in [3.8, 4) is 0 Å². The molecule has 2 rings (SSSR count). The number of rotatable bonds is 5. The number of hydrogen-bond donors (Lipinski definition) is 2. The molecule has 0 aliphatic carbocycles. The predicted molar refractivity (Wildman–Crippen MR) is 71.3 cm³/mol. The molecule has 1 aromatic carbocycles. The monoisotopic (exact) mass is 365 g/mol. The summed E-state index contributed by atoms with van der Waals surface area (Å²) in [6, 6.07) is 11.0. The quantitative estimate of drug-likeness (QED) is 0.484. The van der Waals surface area contributed by atoms with E-state index in [2.05, 4.69) is 0 Å². The minimum atomic E-state index is -1.39. The van der Waals surface area contributed by atoms with E-state index in [0.29, 0.717) is 5.56 Å². The molecular formula is C15H12BrNO5.